The van der Waals surface area contributed by atoms with Gasteiger partial charge in [0.1, 0.15) is 16.9 Å². The molecule has 28 heavy (non-hydrogen) atoms. The van der Waals surface area contributed by atoms with Crippen LogP contribution in [-0.2, 0) is 4.79 Å². The van der Waals surface area contributed by atoms with E-state index in [0.717, 1.165) is 18.8 Å². The normalized spacial score (nSPS) is 20.4. The summed E-state index contributed by atoms with van der Waals surface area (Å²) < 4.78 is 14.4. The Morgan fingerprint density at radius 2 is 2.11 bits per heavy atom. The number of carbonyl (C=O) groups is 2. The van der Waals surface area contributed by atoms with E-state index >= 15 is 0 Å². The number of aromatic nitrogens is 2. The molecule has 1 saturated heterocycles. The number of halogens is 1. The van der Waals surface area contributed by atoms with Gasteiger partial charge in [0.15, 0.2) is 0 Å². The minimum atomic E-state index is -0.563. The van der Waals surface area contributed by atoms with Crippen molar-refractivity contribution in [1.29, 1.82) is 0 Å². The van der Waals surface area contributed by atoms with Crippen molar-refractivity contribution >= 4 is 22.8 Å². The predicted molar refractivity (Wildman–Crippen MR) is 104 cm³/mol. The molecule has 6 nitrogen and oxygen atoms in total. The predicted octanol–water partition coefficient (Wildman–Crippen LogP) is 3.35. The molecule has 7 heteroatoms. The Balaban J connectivity index is 1.37. The van der Waals surface area contributed by atoms with Crippen molar-refractivity contribution in [2.45, 2.75) is 51.5 Å². The average molecular weight is 386 g/mol. The highest BCUT2D eigenvalue weighted by Gasteiger charge is 2.32. The van der Waals surface area contributed by atoms with Gasteiger partial charge in [-0.2, -0.15) is 0 Å². The summed E-state index contributed by atoms with van der Waals surface area (Å²) in [6, 6.07) is 2.80. The van der Waals surface area contributed by atoms with Crippen LogP contribution in [0, 0.1) is 11.7 Å². The van der Waals surface area contributed by atoms with E-state index < -0.39 is 5.82 Å². The Labute approximate surface area is 164 Å². The van der Waals surface area contributed by atoms with Gasteiger partial charge in [-0.15, -0.1) is 0 Å². The van der Waals surface area contributed by atoms with E-state index in [4.69, 9.17) is 0 Å². The van der Waals surface area contributed by atoms with Gasteiger partial charge in [-0.1, -0.05) is 19.3 Å². The molecule has 1 N–H and O–H groups in total. The molecule has 2 amide bonds. The largest absolute Gasteiger partial charge is 0.345 e. The minimum absolute atomic E-state index is 0.00576. The van der Waals surface area contributed by atoms with E-state index in [9.17, 15) is 14.0 Å². The Hall–Kier alpha value is -2.44. The van der Waals surface area contributed by atoms with Crippen LogP contribution in [0.15, 0.2) is 18.5 Å². The molecule has 1 aliphatic carbocycles. The molecular weight excluding hydrogens is 359 g/mol. The molecule has 4 rings (SSSR count). The molecule has 0 unspecified atom stereocenters. The van der Waals surface area contributed by atoms with Crippen LogP contribution in [0.5, 0.6) is 0 Å². The molecule has 1 aromatic carbocycles. The first-order valence-corrected chi connectivity index (χ1v) is 10.2. The van der Waals surface area contributed by atoms with Gasteiger partial charge in [0.2, 0.25) is 5.91 Å². The smallest absolute Gasteiger partial charge is 0.259 e. The zero-order chi connectivity index (χ0) is 19.7. The number of piperazine rings is 1. The lowest BCUT2D eigenvalue weighted by atomic mass is 9.82. The highest BCUT2D eigenvalue weighted by molar-refractivity contribution is 6.05. The number of imidazole rings is 1. The second kappa shape index (κ2) is 7.89. The van der Waals surface area contributed by atoms with Crippen molar-refractivity contribution in [1.82, 2.24) is 19.8 Å². The van der Waals surface area contributed by atoms with E-state index in [-0.39, 0.29) is 23.4 Å². The van der Waals surface area contributed by atoms with Crippen LogP contribution in [-0.4, -0.2) is 57.3 Å². The first kappa shape index (κ1) is 18.9. The third-order valence-electron chi connectivity index (χ3n) is 6.22. The topological polar surface area (TPSA) is 69.3 Å². The number of aromatic amines is 1. The maximum absolute atomic E-state index is 14.4. The van der Waals surface area contributed by atoms with Gasteiger partial charge in [-0.3, -0.25) is 9.59 Å². The van der Waals surface area contributed by atoms with Crippen molar-refractivity contribution in [3.8, 4) is 0 Å². The SMILES string of the molecule is C[C@@H]1CN(C(=O)c2c(F)ccc3[nH]cnc23)CCN1C(=O)CCCC1CCC1. The summed E-state index contributed by atoms with van der Waals surface area (Å²) in [5, 5.41) is 0. The number of fused-ring (bicyclic) bond motifs is 1. The molecule has 2 heterocycles. The molecule has 1 aromatic heterocycles. The fourth-order valence-electron chi connectivity index (χ4n) is 4.32. The van der Waals surface area contributed by atoms with E-state index in [1.54, 1.807) is 11.0 Å². The third kappa shape index (κ3) is 3.62. The lowest BCUT2D eigenvalue weighted by molar-refractivity contribution is -0.135. The van der Waals surface area contributed by atoms with Crippen LogP contribution in [0.4, 0.5) is 4.39 Å². The number of rotatable bonds is 5. The molecule has 1 saturated carbocycles. The Morgan fingerprint density at radius 1 is 1.29 bits per heavy atom. The summed E-state index contributed by atoms with van der Waals surface area (Å²) in [6.07, 6.45) is 8.08. The summed E-state index contributed by atoms with van der Waals surface area (Å²) in [6.45, 7) is 3.27. The molecule has 2 aromatic rings. The fraction of sp³-hybridized carbons (Fsp3) is 0.571. The molecule has 0 spiro atoms. The number of nitrogens with one attached hydrogen (secondary N) is 1. The summed E-state index contributed by atoms with van der Waals surface area (Å²) in [5.41, 5.74) is 0.997. The molecule has 0 radical (unpaired) electrons. The fourth-order valence-corrected chi connectivity index (χ4v) is 4.32. The van der Waals surface area contributed by atoms with E-state index in [2.05, 4.69) is 9.97 Å². The van der Waals surface area contributed by atoms with Crippen molar-refractivity contribution < 1.29 is 14.0 Å². The Morgan fingerprint density at radius 3 is 2.82 bits per heavy atom. The van der Waals surface area contributed by atoms with Crippen LogP contribution < -0.4 is 0 Å². The number of H-pyrrole nitrogens is 1. The highest BCUT2D eigenvalue weighted by atomic mass is 19.1. The molecule has 1 atom stereocenters. The molecule has 0 bridgehead atoms. The van der Waals surface area contributed by atoms with Crippen LogP contribution in [0.25, 0.3) is 11.0 Å². The maximum atomic E-state index is 14.4. The van der Waals surface area contributed by atoms with Crippen LogP contribution >= 0.6 is 0 Å². The average Bonchev–Trinajstić information content (AvgIpc) is 3.11. The Bertz CT molecular complexity index is 876. The number of benzene rings is 1. The minimum Gasteiger partial charge on any atom is -0.345 e. The first-order valence-electron chi connectivity index (χ1n) is 10.2. The monoisotopic (exact) mass is 386 g/mol. The van der Waals surface area contributed by atoms with Gasteiger partial charge >= 0.3 is 0 Å². The molecule has 150 valence electrons. The molecule has 2 fully saturated rings. The Kier molecular flexibility index (Phi) is 5.33. The third-order valence-corrected chi connectivity index (χ3v) is 6.22. The van der Waals surface area contributed by atoms with E-state index in [1.165, 1.54) is 31.7 Å². The number of carbonyl (C=O) groups excluding carboxylic acids is 2. The van der Waals surface area contributed by atoms with Gasteiger partial charge in [0, 0.05) is 32.1 Å². The first-order chi connectivity index (χ1) is 13.5. The lowest BCUT2D eigenvalue weighted by Gasteiger charge is -2.40. The summed E-state index contributed by atoms with van der Waals surface area (Å²) in [7, 11) is 0. The van der Waals surface area contributed by atoms with Crippen molar-refractivity contribution in [3.63, 3.8) is 0 Å². The zero-order valence-electron chi connectivity index (χ0n) is 16.3. The number of hydrogen-bond acceptors (Lipinski definition) is 3. The van der Waals surface area contributed by atoms with Gasteiger partial charge < -0.3 is 14.8 Å². The standard InChI is InChI=1S/C21H27FN4O2/c1-14-12-25(10-11-26(14)18(27)7-3-6-15-4-2-5-15)21(28)19-16(22)8-9-17-20(19)24-13-23-17/h8-9,13-15H,2-7,10-12H2,1H3,(H,23,24)/t14-/m1/s1. The van der Waals surface area contributed by atoms with Gasteiger partial charge in [-0.25, -0.2) is 9.37 Å². The lowest BCUT2D eigenvalue weighted by Crippen LogP contribution is -2.55. The van der Waals surface area contributed by atoms with Gasteiger partial charge in [0.05, 0.1) is 11.8 Å². The number of hydrogen-bond donors (Lipinski definition) is 1. The second-order valence-corrected chi connectivity index (χ2v) is 8.10. The van der Waals surface area contributed by atoms with Crippen molar-refractivity contribution in [3.05, 3.63) is 29.8 Å². The maximum Gasteiger partial charge on any atom is 0.259 e. The summed E-state index contributed by atoms with van der Waals surface area (Å²) >= 11 is 0. The van der Waals surface area contributed by atoms with Gasteiger partial charge in [0.25, 0.3) is 5.91 Å². The van der Waals surface area contributed by atoms with E-state index in [0.29, 0.717) is 37.1 Å². The van der Waals surface area contributed by atoms with Crippen molar-refractivity contribution in [2.75, 3.05) is 19.6 Å². The van der Waals surface area contributed by atoms with Gasteiger partial charge in [-0.05, 0) is 37.8 Å². The quantitative estimate of drug-likeness (QED) is 0.857. The van der Waals surface area contributed by atoms with Crippen molar-refractivity contribution in [2.24, 2.45) is 5.92 Å². The zero-order valence-corrected chi connectivity index (χ0v) is 16.3. The van der Waals surface area contributed by atoms with E-state index in [1.807, 2.05) is 11.8 Å². The molecule has 1 aliphatic heterocycles. The van der Waals surface area contributed by atoms with Crippen LogP contribution in [0.1, 0.15) is 55.8 Å². The number of amides is 2. The summed E-state index contributed by atoms with van der Waals surface area (Å²) in [5.74, 6) is 0.0599. The molecular formula is C21H27FN4O2. The molecule has 2 aliphatic rings. The number of nitrogens with zero attached hydrogens (tertiary/aromatic N) is 3. The van der Waals surface area contributed by atoms with Crippen LogP contribution in [0.2, 0.25) is 0 Å². The highest BCUT2D eigenvalue weighted by Crippen LogP contribution is 2.31. The second-order valence-electron chi connectivity index (χ2n) is 8.10. The summed E-state index contributed by atoms with van der Waals surface area (Å²) in [4.78, 5) is 36.1. The van der Waals surface area contributed by atoms with Crippen LogP contribution in [0.3, 0.4) is 0 Å².